The monoisotopic (exact) mass is 474 g/mol. The van der Waals surface area contributed by atoms with Crippen LogP contribution in [0.2, 0.25) is 5.02 Å². The number of amides is 1. The van der Waals surface area contributed by atoms with Crippen LogP contribution in [0, 0.1) is 17.0 Å². The maximum Gasteiger partial charge on any atom is 0.341 e. The second-order valence-electron chi connectivity index (χ2n) is 6.53. The summed E-state index contributed by atoms with van der Waals surface area (Å²) in [5, 5.41) is 14.6. The number of nitro groups is 1. The number of esters is 1. The van der Waals surface area contributed by atoms with Gasteiger partial charge in [-0.05, 0) is 37.6 Å². The van der Waals surface area contributed by atoms with Crippen LogP contribution in [0.4, 0.5) is 10.7 Å². The number of nitrogens with zero attached hydrogens (tertiary/aromatic N) is 1. The van der Waals surface area contributed by atoms with Crippen LogP contribution in [0.3, 0.4) is 0 Å². The minimum absolute atomic E-state index is 0.0255. The molecule has 0 bridgehead atoms. The summed E-state index contributed by atoms with van der Waals surface area (Å²) in [7, 11) is 0. The first-order valence-corrected chi connectivity index (χ1v) is 10.7. The van der Waals surface area contributed by atoms with Gasteiger partial charge in [0.25, 0.3) is 5.91 Å². The predicted molar refractivity (Wildman–Crippen MR) is 123 cm³/mol. The van der Waals surface area contributed by atoms with Crippen molar-refractivity contribution in [2.75, 3.05) is 18.5 Å². The van der Waals surface area contributed by atoms with E-state index in [1.165, 1.54) is 29.5 Å². The van der Waals surface area contributed by atoms with Crippen LogP contribution in [0.1, 0.15) is 22.2 Å². The SMILES string of the molecule is CCOC(=O)c1c(NC(=O)COc2ccccc2[N+](=O)[O-])sc(C)c1-c1ccc(Cl)cc1. The average Bonchev–Trinajstić information content (AvgIpc) is 3.08. The number of anilines is 1. The van der Waals surface area contributed by atoms with Gasteiger partial charge in [0.15, 0.2) is 12.4 Å². The van der Waals surface area contributed by atoms with Gasteiger partial charge in [0.05, 0.1) is 11.5 Å². The number of benzene rings is 2. The molecule has 8 nitrogen and oxygen atoms in total. The van der Waals surface area contributed by atoms with E-state index in [0.29, 0.717) is 15.6 Å². The van der Waals surface area contributed by atoms with Gasteiger partial charge >= 0.3 is 11.7 Å². The van der Waals surface area contributed by atoms with Crippen LogP contribution in [-0.2, 0) is 9.53 Å². The third-order valence-corrected chi connectivity index (χ3v) is 5.64. The van der Waals surface area contributed by atoms with Crippen LogP contribution < -0.4 is 10.1 Å². The summed E-state index contributed by atoms with van der Waals surface area (Å²) in [6, 6.07) is 12.7. The molecule has 10 heteroatoms. The number of hydrogen-bond acceptors (Lipinski definition) is 7. The van der Waals surface area contributed by atoms with Gasteiger partial charge in [-0.2, -0.15) is 0 Å². The highest BCUT2D eigenvalue weighted by Gasteiger charge is 2.26. The molecule has 0 spiro atoms. The highest BCUT2D eigenvalue weighted by Crippen LogP contribution is 2.40. The summed E-state index contributed by atoms with van der Waals surface area (Å²) in [5.41, 5.74) is 1.38. The smallest absolute Gasteiger partial charge is 0.341 e. The molecule has 0 atom stereocenters. The molecule has 0 saturated heterocycles. The standard InChI is InChI=1S/C22H19ClN2O6S/c1-3-30-22(27)20-19(14-8-10-15(23)11-9-14)13(2)32-21(20)24-18(26)12-31-17-7-5-4-6-16(17)25(28)29/h4-11H,3,12H2,1-2H3,(H,24,26). The fraction of sp³-hybridized carbons (Fsp3) is 0.182. The Kier molecular flexibility index (Phi) is 7.45. The molecule has 1 amide bonds. The molecule has 0 unspecified atom stereocenters. The van der Waals surface area contributed by atoms with Crippen LogP contribution in [-0.4, -0.2) is 30.0 Å². The molecule has 0 saturated carbocycles. The van der Waals surface area contributed by atoms with Gasteiger partial charge in [0, 0.05) is 21.5 Å². The number of ether oxygens (including phenoxy) is 2. The van der Waals surface area contributed by atoms with Gasteiger partial charge in [-0.1, -0.05) is 35.9 Å². The van der Waals surface area contributed by atoms with Crippen molar-refractivity contribution in [3.63, 3.8) is 0 Å². The molecule has 0 aliphatic rings. The number of thiophene rings is 1. The zero-order chi connectivity index (χ0) is 23.3. The molecule has 32 heavy (non-hydrogen) atoms. The fourth-order valence-corrected chi connectivity index (χ4v) is 4.24. The second-order valence-corrected chi connectivity index (χ2v) is 8.19. The van der Waals surface area contributed by atoms with Crippen LogP contribution >= 0.6 is 22.9 Å². The molecule has 2 aromatic carbocycles. The molecule has 0 fully saturated rings. The molecule has 3 aromatic rings. The Hall–Kier alpha value is -3.43. The molecular weight excluding hydrogens is 456 g/mol. The van der Waals surface area contributed by atoms with E-state index in [0.717, 1.165) is 10.4 Å². The van der Waals surface area contributed by atoms with Crippen LogP contribution in [0.5, 0.6) is 5.75 Å². The number of nitro benzene ring substituents is 1. The third kappa shape index (κ3) is 5.24. The lowest BCUT2D eigenvalue weighted by atomic mass is 10.0. The van der Waals surface area contributed by atoms with E-state index in [9.17, 15) is 19.7 Å². The summed E-state index contributed by atoms with van der Waals surface area (Å²) < 4.78 is 10.5. The van der Waals surface area contributed by atoms with Crippen molar-refractivity contribution >= 4 is 45.5 Å². The molecule has 1 N–H and O–H groups in total. The highest BCUT2D eigenvalue weighted by atomic mass is 35.5. The summed E-state index contributed by atoms with van der Waals surface area (Å²) in [5.74, 6) is -1.17. The lowest BCUT2D eigenvalue weighted by Crippen LogP contribution is -2.21. The number of hydrogen-bond donors (Lipinski definition) is 1. The van der Waals surface area contributed by atoms with Crippen LogP contribution in [0.15, 0.2) is 48.5 Å². The number of carbonyl (C=O) groups excluding carboxylic acids is 2. The highest BCUT2D eigenvalue weighted by molar-refractivity contribution is 7.17. The largest absolute Gasteiger partial charge is 0.477 e. The van der Waals surface area contributed by atoms with E-state index < -0.39 is 23.4 Å². The lowest BCUT2D eigenvalue weighted by Gasteiger charge is -2.10. The van der Waals surface area contributed by atoms with Crippen molar-refractivity contribution in [2.24, 2.45) is 0 Å². The van der Waals surface area contributed by atoms with E-state index in [-0.39, 0.29) is 23.6 Å². The minimum atomic E-state index is -0.590. The van der Waals surface area contributed by atoms with E-state index in [2.05, 4.69) is 5.32 Å². The van der Waals surface area contributed by atoms with E-state index in [1.807, 2.05) is 6.92 Å². The maximum absolute atomic E-state index is 12.7. The summed E-state index contributed by atoms with van der Waals surface area (Å²) in [6.07, 6.45) is 0. The van der Waals surface area contributed by atoms with Crippen molar-refractivity contribution in [3.05, 3.63) is 74.1 Å². The van der Waals surface area contributed by atoms with Crippen molar-refractivity contribution in [2.45, 2.75) is 13.8 Å². The van der Waals surface area contributed by atoms with Gasteiger partial charge in [-0.15, -0.1) is 11.3 Å². The summed E-state index contributed by atoms with van der Waals surface area (Å²) in [6.45, 7) is 3.22. The Balaban J connectivity index is 1.86. The zero-order valence-corrected chi connectivity index (χ0v) is 18.8. The number of nitrogens with one attached hydrogen (secondary N) is 1. The number of para-hydroxylation sites is 2. The second kappa shape index (κ2) is 10.3. The minimum Gasteiger partial charge on any atom is -0.477 e. The van der Waals surface area contributed by atoms with Gasteiger partial charge in [-0.3, -0.25) is 14.9 Å². The van der Waals surface area contributed by atoms with Crippen molar-refractivity contribution in [3.8, 4) is 16.9 Å². The Morgan fingerprint density at radius 3 is 2.50 bits per heavy atom. The molecule has 1 heterocycles. The number of aryl methyl sites for hydroxylation is 1. The molecule has 3 rings (SSSR count). The first-order valence-electron chi connectivity index (χ1n) is 9.54. The molecule has 166 valence electrons. The lowest BCUT2D eigenvalue weighted by molar-refractivity contribution is -0.385. The third-order valence-electron chi connectivity index (χ3n) is 4.37. The van der Waals surface area contributed by atoms with Gasteiger partial charge < -0.3 is 14.8 Å². The Bertz CT molecular complexity index is 1160. The zero-order valence-electron chi connectivity index (χ0n) is 17.2. The van der Waals surface area contributed by atoms with Gasteiger partial charge in [-0.25, -0.2) is 4.79 Å². The quantitative estimate of drug-likeness (QED) is 0.263. The molecule has 1 aromatic heterocycles. The number of halogens is 1. The molecule has 0 aliphatic heterocycles. The van der Waals surface area contributed by atoms with E-state index >= 15 is 0 Å². The number of carbonyl (C=O) groups is 2. The van der Waals surface area contributed by atoms with Crippen molar-refractivity contribution in [1.29, 1.82) is 0 Å². The van der Waals surface area contributed by atoms with Crippen LogP contribution in [0.25, 0.3) is 11.1 Å². The Morgan fingerprint density at radius 2 is 1.84 bits per heavy atom. The molecule has 0 radical (unpaired) electrons. The topological polar surface area (TPSA) is 108 Å². The summed E-state index contributed by atoms with van der Waals surface area (Å²) in [4.78, 5) is 36.6. The first-order chi connectivity index (χ1) is 15.3. The summed E-state index contributed by atoms with van der Waals surface area (Å²) >= 11 is 7.20. The predicted octanol–water partition coefficient (Wildman–Crippen LogP) is 5.48. The Labute approximate surface area is 192 Å². The number of rotatable bonds is 8. The molecule has 0 aliphatic carbocycles. The average molecular weight is 475 g/mol. The normalized spacial score (nSPS) is 10.5. The van der Waals surface area contributed by atoms with Gasteiger partial charge in [0.2, 0.25) is 0 Å². The van der Waals surface area contributed by atoms with Crippen molar-refractivity contribution in [1.82, 2.24) is 0 Å². The van der Waals surface area contributed by atoms with E-state index in [4.69, 9.17) is 21.1 Å². The van der Waals surface area contributed by atoms with Gasteiger partial charge in [0.1, 0.15) is 10.6 Å². The first kappa shape index (κ1) is 23.2. The molecular formula is C22H19ClN2O6S. The Morgan fingerprint density at radius 1 is 1.16 bits per heavy atom. The fourth-order valence-electron chi connectivity index (χ4n) is 3.03. The van der Waals surface area contributed by atoms with E-state index in [1.54, 1.807) is 37.3 Å². The van der Waals surface area contributed by atoms with Crippen molar-refractivity contribution < 1.29 is 24.0 Å². The maximum atomic E-state index is 12.7.